The van der Waals surface area contributed by atoms with Gasteiger partial charge in [0, 0.05) is 0 Å². The van der Waals surface area contributed by atoms with Gasteiger partial charge in [-0.25, -0.2) is 0 Å². The minimum Gasteiger partial charge on any atom is -0.491 e. The van der Waals surface area contributed by atoms with Gasteiger partial charge in [0.1, 0.15) is 30.3 Å². The van der Waals surface area contributed by atoms with Crippen LogP contribution in [0.25, 0.3) is 0 Å². The molecule has 0 amide bonds. The maximum atomic E-state index is 11.5. The second kappa shape index (κ2) is 31.7. The third kappa shape index (κ3) is 27.8. The Morgan fingerprint density at radius 1 is 0.455 bits per heavy atom. The van der Waals surface area contributed by atoms with Gasteiger partial charge in [-0.05, 0) is 67.3 Å². The highest BCUT2D eigenvalue weighted by Crippen LogP contribution is 2.19. The van der Waals surface area contributed by atoms with Gasteiger partial charge < -0.3 is 67.8 Å². The lowest BCUT2D eigenvalue weighted by Gasteiger charge is -2.19. The number of rotatable bonds is 30. The van der Waals surface area contributed by atoms with Crippen molar-refractivity contribution in [3.8, 4) is 11.5 Å². The van der Waals surface area contributed by atoms with E-state index in [1.807, 2.05) is 20.8 Å². The molecule has 0 fully saturated rings. The maximum absolute atomic E-state index is 11.5. The van der Waals surface area contributed by atoms with E-state index in [9.17, 15) is 30.0 Å². The monoisotopic (exact) mass is 786 g/mol. The summed E-state index contributed by atoms with van der Waals surface area (Å²) in [6.07, 6.45) is 0.460. The van der Waals surface area contributed by atoms with Crippen molar-refractivity contribution in [3.05, 3.63) is 58.7 Å². The minimum atomic E-state index is -0.475. The molecule has 0 unspecified atom stereocenters. The second-order valence-corrected chi connectivity index (χ2v) is 12.6. The van der Waals surface area contributed by atoms with Gasteiger partial charge in [-0.1, -0.05) is 12.1 Å². The largest absolute Gasteiger partial charge is 0.491 e. The number of aliphatic hydroxyl groups is 4. The third-order valence-corrected chi connectivity index (χ3v) is 6.81. The summed E-state index contributed by atoms with van der Waals surface area (Å²) in [4.78, 5) is 22.3. The molecule has 0 heterocycles. The maximum Gasteiger partial charge on any atom is 0.308 e. The van der Waals surface area contributed by atoms with Crippen LogP contribution in [0.4, 0.5) is 0 Å². The van der Waals surface area contributed by atoms with E-state index in [0.717, 1.165) is 0 Å². The van der Waals surface area contributed by atoms with Crippen LogP contribution in [0, 0.1) is 0 Å². The number of carbonyl (C=O) groups excluding carboxylic acids is 2. The molecule has 2 aromatic carbocycles. The summed E-state index contributed by atoms with van der Waals surface area (Å²) in [6.45, 7) is 10.6. The summed E-state index contributed by atoms with van der Waals surface area (Å²) in [5.74, 6) is 0.607. The van der Waals surface area contributed by atoms with E-state index in [1.165, 1.54) is 7.11 Å². The molecule has 0 saturated heterocycles. The van der Waals surface area contributed by atoms with Crippen LogP contribution in [0.15, 0.2) is 36.4 Å². The SMILES string of the molecule is CC(C)(C)OC(=O)CCOCCOCCOCCOc1cc(CO)cc(CO)c1.COC(=O)CCOCCOCCOCCOc1cc(CO)cc(CO)c1. The molecule has 2 rings (SSSR count). The lowest BCUT2D eigenvalue weighted by atomic mass is 10.1. The molecular formula is C39H62O16. The van der Waals surface area contributed by atoms with E-state index in [1.54, 1.807) is 36.4 Å². The van der Waals surface area contributed by atoms with Gasteiger partial charge in [0.05, 0.1) is 126 Å². The molecule has 16 nitrogen and oxygen atoms in total. The van der Waals surface area contributed by atoms with Crippen LogP contribution in [-0.2, 0) is 73.9 Å². The van der Waals surface area contributed by atoms with Crippen LogP contribution in [0.3, 0.4) is 0 Å². The van der Waals surface area contributed by atoms with Gasteiger partial charge in [-0.2, -0.15) is 0 Å². The summed E-state index contributed by atoms with van der Waals surface area (Å²) in [7, 11) is 1.34. The fourth-order valence-electron chi connectivity index (χ4n) is 4.32. The van der Waals surface area contributed by atoms with Gasteiger partial charge in [-0.3, -0.25) is 9.59 Å². The first-order valence-corrected chi connectivity index (χ1v) is 18.2. The Kier molecular flexibility index (Phi) is 28.6. The standard InChI is InChI=1S/C21H34O8.C18H28O8/c1-21(2,3)29-20(24)4-5-25-6-7-26-8-9-27-10-11-28-19-13-17(15-22)12-18(14-19)16-23;1-22-18(21)2-3-23-4-5-24-6-7-25-8-9-26-17-11-15(13-19)10-16(12-17)14-20/h12-14,22-23H,4-11,15-16H2,1-3H3;10-12,19-20H,2-9,13-14H2,1H3. The molecular weight excluding hydrogens is 724 g/mol. The molecule has 0 aliphatic rings. The molecule has 4 N–H and O–H groups in total. The quantitative estimate of drug-likeness (QED) is 0.0663. The lowest BCUT2D eigenvalue weighted by molar-refractivity contribution is -0.156. The predicted molar refractivity (Wildman–Crippen MR) is 200 cm³/mol. The Bertz CT molecular complexity index is 1240. The number of aliphatic hydroxyl groups excluding tert-OH is 4. The number of hydrogen-bond donors (Lipinski definition) is 4. The second-order valence-electron chi connectivity index (χ2n) is 12.6. The normalized spacial score (nSPS) is 11.1. The molecule has 55 heavy (non-hydrogen) atoms. The van der Waals surface area contributed by atoms with E-state index in [-0.39, 0.29) is 51.2 Å². The van der Waals surface area contributed by atoms with Crippen molar-refractivity contribution in [2.24, 2.45) is 0 Å². The molecule has 0 aliphatic heterocycles. The minimum absolute atomic E-state index is 0.107. The number of methoxy groups -OCH3 is 1. The van der Waals surface area contributed by atoms with E-state index in [4.69, 9.17) is 42.6 Å². The van der Waals surface area contributed by atoms with Crippen molar-refractivity contribution in [1.82, 2.24) is 0 Å². The Labute approximate surface area is 324 Å². The summed E-state index contributed by atoms with van der Waals surface area (Å²) in [6, 6.07) is 10.4. The molecule has 0 saturated carbocycles. The zero-order valence-electron chi connectivity index (χ0n) is 32.8. The van der Waals surface area contributed by atoms with E-state index < -0.39 is 5.60 Å². The summed E-state index contributed by atoms with van der Waals surface area (Å²) >= 11 is 0. The fraction of sp³-hybridized carbons (Fsp3) is 0.641. The van der Waals surface area contributed by atoms with Crippen LogP contribution in [0.5, 0.6) is 11.5 Å². The van der Waals surface area contributed by atoms with Crippen LogP contribution < -0.4 is 9.47 Å². The molecule has 314 valence electrons. The number of ether oxygens (including phenoxy) is 10. The number of carbonyl (C=O) groups is 2. The third-order valence-electron chi connectivity index (χ3n) is 6.81. The van der Waals surface area contributed by atoms with Crippen LogP contribution in [0.2, 0.25) is 0 Å². The first kappa shape index (κ1) is 49.6. The van der Waals surface area contributed by atoms with Crippen LogP contribution in [-0.4, -0.2) is 138 Å². The van der Waals surface area contributed by atoms with Gasteiger partial charge in [0.15, 0.2) is 0 Å². The van der Waals surface area contributed by atoms with Crippen molar-refractivity contribution in [1.29, 1.82) is 0 Å². The first-order chi connectivity index (χ1) is 26.5. The Morgan fingerprint density at radius 2 is 0.745 bits per heavy atom. The van der Waals surface area contributed by atoms with Gasteiger partial charge in [-0.15, -0.1) is 0 Å². The molecule has 0 atom stereocenters. The zero-order valence-corrected chi connectivity index (χ0v) is 32.8. The van der Waals surface area contributed by atoms with Crippen molar-refractivity contribution in [2.45, 2.75) is 65.6 Å². The highest BCUT2D eigenvalue weighted by molar-refractivity contribution is 5.70. The van der Waals surface area contributed by atoms with Gasteiger partial charge >= 0.3 is 11.9 Å². The summed E-state index contributed by atoms with van der Waals surface area (Å²) in [5, 5.41) is 36.7. The summed E-state index contributed by atoms with van der Waals surface area (Å²) in [5.41, 5.74) is 2.28. The Balaban J connectivity index is 0.000000553. The topological polar surface area (TPSA) is 207 Å². The van der Waals surface area contributed by atoms with Gasteiger partial charge in [0.25, 0.3) is 0 Å². The molecule has 0 spiro atoms. The van der Waals surface area contributed by atoms with Crippen molar-refractivity contribution in [3.63, 3.8) is 0 Å². The van der Waals surface area contributed by atoms with E-state index in [2.05, 4.69) is 4.74 Å². The molecule has 2 aromatic rings. The Morgan fingerprint density at radius 3 is 1.04 bits per heavy atom. The predicted octanol–water partition coefficient (Wildman–Crippen LogP) is 2.49. The molecule has 0 aliphatic carbocycles. The highest BCUT2D eigenvalue weighted by atomic mass is 16.6. The van der Waals surface area contributed by atoms with Crippen LogP contribution in [0.1, 0.15) is 55.9 Å². The van der Waals surface area contributed by atoms with Crippen molar-refractivity contribution in [2.75, 3.05) is 99.6 Å². The number of esters is 2. The average Bonchev–Trinajstić information content (AvgIpc) is 3.17. The molecule has 16 heteroatoms. The highest BCUT2D eigenvalue weighted by Gasteiger charge is 2.15. The summed E-state index contributed by atoms with van der Waals surface area (Å²) < 4.78 is 52.9. The Hall–Kier alpha value is -3.42. The lowest BCUT2D eigenvalue weighted by Crippen LogP contribution is -2.24. The average molecular weight is 787 g/mol. The van der Waals surface area contributed by atoms with Crippen LogP contribution >= 0.6 is 0 Å². The smallest absolute Gasteiger partial charge is 0.308 e. The zero-order chi connectivity index (χ0) is 40.6. The molecule has 0 radical (unpaired) electrons. The number of hydrogen-bond acceptors (Lipinski definition) is 16. The molecule has 0 bridgehead atoms. The van der Waals surface area contributed by atoms with Crippen molar-refractivity contribution >= 4 is 11.9 Å². The number of benzene rings is 2. The fourth-order valence-corrected chi connectivity index (χ4v) is 4.32. The first-order valence-electron chi connectivity index (χ1n) is 18.2. The van der Waals surface area contributed by atoms with E-state index in [0.29, 0.717) is 126 Å². The van der Waals surface area contributed by atoms with Crippen molar-refractivity contribution < 1.29 is 77.4 Å². The van der Waals surface area contributed by atoms with Gasteiger partial charge in [0.2, 0.25) is 0 Å². The van der Waals surface area contributed by atoms with E-state index >= 15 is 0 Å². The molecule has 0 aromatic heterocycles.